The van der Waals surface area contributed by atoms with Crippen molar-refractivity contribution in [1.82, 2.24) is 0 Å². The van der Waals surface area contributed by atoms with Gasteiger partial charge in [-0.3, -0.25) is 18.6 Å². The first-order valence-electron chi connectivity index (χ1n) is 17.9. The fourth-order valence-electron chi connectivity index (χ4n) is 4.37. The summed E-state index contributed by atoms with van der Waals surface area (Å²) in [7, 11) is 1.44. The number of likely N-dealkylation sites (N-methyl/N-ethyl adjacent to an activating group) is 1. The molecule has 47 heavy (non-hydrogen) atoms. The number of unbranched alkanes of at least 4 members (excludes halogenated alkanes) is 12. The first kappa shape index (κ1) is 45.0. The molecule has 0 aromatic rings. The first-order valence-corrected chi connectivity index (χ1v) is 19.4. The average molecular weight is 685 g/mol. The molecular weight excluding hydrogens is 617 g/mol. The highest BCUT2D eigenvalue weighted by Gasteiger charge is 2.27. The highest BCUT2D eigenvalue weighted by Crippen LogP contribution is 2.43. The summed E-state index contributed by atoms with van der Waals surface area (Å²) in [5, 5.41) is 0. The second kappa shape index (κ2) is 30.1. The van der Waals surface area contributed by atoms with Crippen molar-refractivity contribution in [2.45, 2.75) is 129 Å². The van der Waals surface area contributed by atoms with Gasteiger partial charge in [-0.15, -0.1) is 0 Å². The maximum atomic E-state index is 12.6. The lowest BCUT2D eigenvalue weighted by Crippen LogP contribution is -2.37. The van der Waals surface area contributed by atoms with Crippen LogP contribution < -0.4 is 0 Å². The summed E-state index contributed by atoms with van der Waals surface area (Å²) in [5.74, 6) is -0.852. The van der Waals surface area contributed by atoms with Gasteiger partial charge in [0.15, 0.2) is 6.10 Å². The Bertz CT molecular complexity index is 954. The number of allylic oxidation sites excluding steroid dienone is 8. The number of carbonyl (C=O) groups excluding carboxylic acids is 2. The van der Waals surface area contributed by atoms with Gasteiger partial charge in [0.05, 0.1) is 27.7 Å². The Morgan fingerprint density at radius 2 is 1.21 bits per heavy atom. The smallest absolute Gasteiger partial charge is 0.462 e. The molecule has 0 aliphatic rings. The van der Waals surface area contributed by atoms with E-state index in [0.717, 1.165) is 44.9 Å². The molecule has 0 bridgehead atoms. The van der Waals surface area contributed by atoms with Crippen molar-refractivity contribution in [3.05, 3.63) is 48.6 Å². The summed E-state index contributed by atoms with van der Waals surface area (Å²) in [6.07, 6.45) is 31.7. The lowest BCUT2D eigenvalue weighted by Gasteiger charge is -2.24. The van der Waals surface area contributed by atoms with Gasteiger partial charge in [-0.1, -0.05) is 127 Å². The molecular formula is C37H67NO8P+. The SMILES string of the molecule is CC/C=C/C=C/C=C/C=C/CCCCCC(=O)OC(COC(=O)CCCCCCCCCCCC)COP(=O)(O)OCC[N+](C)(C)C. The minimum Gasteiger partial charge on any atom is -0.462 e. The molecule has 0 saturated heterocycles. The summed E-state index contributed by atoms with van der Waals surface area (Å²) < 4.78 is 34.0. The van der Waals surface area contributed by atoms with Gasteiger partial charge in [0.2, 0.25) is 0 Å². The fraction of sp³-hybridized carbons (Fsp3) is 0.730. The van der Waals surface area contributed by atoms with Crippen LogP contribution in [0, 0.1) is 0 Å². The van der Waals surface area contributed by atoms with Gasteiger partial charge in [0, 0.05) is 12.8 Å². The van der Waals surface area contributed by atoms with Gasteiger partial charge >= 0.3 is 19.8 Å². The van der Waals surface area contributed by atoms with Gasteiger partial charge in [0.25, 0.3) is 0 Å². The summed E-state index contributed by atoms with van der Waals surface area (Å²) >= 11 is 0. The molecule has 10 heteroatoms. The average Bonchev–Trinajstić information content (AvgIpc) is 3.01. The molecule has 1 N–H and O–H groups in total. The van der Waals surface area contributed by atoms with E-state index in [2.05, 4.69) is 26.0 Å². The molecule has 0 saturated carbocycles. The normalized spacial score (nSPS) is 14.4. The van der Waals surface area contributed by atoms with Crippen LogP contribution in [0.2, 0.25) is 0 Å². The van der Waals surface area contributed by atoms with E-state index < -0.39 is 26.5 Å². The summed E-state index contributed by atoms with van der Waals surface area (Å²) in [4.78, 5) is 35.0. The number of quaternary nitrogens is 1. The summed E-state index contributed by atoms with van der Waals surface area (Å²) in [6.45, 7) is 4.18. The third-order valence-corrected chi connectivity index (χ3v) is 8.20. The minimum absolute atomic E-state index is 0.0226. The predicted molar refractivity (Wildman–Crippen MR) is 192 cm³/mol. The van der Waals surface area contributed by atoms with Crippen molar-refractivity contribution in [2.24, 2.45) is 0 Å². The number of esters is 2. The van der Waals surface area contributed by atoms with Crippen LogP contribution in [0.4, 0.5) is 0 Å². The van der Waals surface area contributed by atoms with Crippen LogP contribution in [-0.2, 0) is 32.7 Å². The van der Waals surface area contributed by atoms with Gasteiger partial charge in [-0.05, 0) is 32.1 Å². The van der Waals surface area contributed by atoms with Crippen molar-refractivity contribution in [3.8, 4) is 0 Å². The Kier molecular flexibility index (Phi) is 28.8. The lowest BCUT2D eigenvalue weighted by atomic mass is 10.1. The predicted octanol–water partition coefficient (Wildman–Crippen LogP) is 9.18. The molecule has 0 fully saturated rings. The zero-order valence-electron chi connectivity index (χ0n) is 30.2. The zero-order chi connectivity index (χ0) is 35.1. The number of hydrogen-bond acceptors (Lipinski definition) is 7. The molecule has 0 radical (unpaired) electrons. The zero-order valence-corrected chi connectivity index (χ0v) is 31.1. The number of nitrogens with zero attached hydrogens (tertiary/aromatic N) is 1. The number of carbonyl (C=O) groups is 2. The molecule has 0 aromatic heterocycles. The standard InChI is InChI=1S/C37H66NO8P/c1-6-8-10-12-14-16-18-19-20-22-24-26-28-30-37(40)46-35(34-45-47(41,42)44-32-31-38(3,4)5)33-43-36(39)29-27-25-23-21-17-15-13-11-9-7-2/h8,10,12,14,16,18-20,35H,6-7,9,11,13,15,17,21-34H2,1-5H3/p+1/b10-8+,14-12+,18-16+,20-19+. The van der Waals surface area contributed by atoms with Crippen LogP contribution >= 0.6 is 7.82 Å². The molecule has 0 spiro atoms. The Morgan fingerprint density at radius 3 is 1.81 bits per heavy atom. The van der Waals surface area contributed by atoms with Gasteiger partial charge in [-0.2, -0.15) is 0 Å². The topological polar surface area (TPSA) is 108 Å². The minimum atomic E-state index is -4.37. The number of phosphoric acid groups is 1. The van der Waals surface area contributed by atoms with E-state index in [9.17, 15) is 19.0 Å². The third kappa shape index (κ3) is 33.7. The maximum Gasteiger partial charge on any atom is 0.472 e. The Labute approximate surface area is 286 Å². The largest absolute Gasteiger partial charge is 0.472 e. The van der Waals surface area contributed by atoms with Crippen LogP contribution in [0.15, 0.2) is 48.6 Å². The molecule has 2 atom stereocenters. The second-order valence-electron chi connectivity index (χ2n) is 13.0. The monoisotopic (exact) mass is 684 g/mol. The number of ether oxygens (including phenoxy) is 2. The van der Waals surface area contributed by atoms with Crippen LogP contribution in [-0.4, -0.2) is 74.9 Å². The van der Waals surface area contributed by atoms with E-state index in [1.54, 1.807) is 0 Å². The molecule has 0 rings (SSSR count). The van der Waals surface area contributed by atoms with Crippen molar-refractivity contribution >= 4 is 19.8 Å². The second-order valence-corrected chi connectivity index (χ2v) is 14.4. The summed E-state index contributed by atoms with van der Waals surface area (Å²) in [6, 6.07) is 0. The lowest BCUT2D eigenvalue weighted by molar-refractivity contribution is -0.870. The van der Waals surface area contributed by atoms with Crippen LogP contribution in [0.1, 0.15) is 123 Å². The molecule has 0 aliphatic carbocycles. The highest BCUT2D eigenvalue weighted by atomic mass is 31.2. The van der Waals surface area contributed by atoms with E-state index in [1.807, 2.05) is 57.6 Å². The van der Waals surface area contributed by atoms with Gasteiger partial charge < -0.3 is 18.9 Å². The molecule has 9 nitrogen and oxygen atoms in total. The Hall–Kier alpha value is -2.03. The molecule has 0 aliphatic heterocycles. The van der Waals surface area contributed by atoms with E-state index >= 15 is 0 Å². The highest BCUT2D eigenvalue weighted by molar-refractivity contribution is 7.47. The van der Waals surface area contributed by atoms with Crippen molar-refractivity contribution in [1.29, 1.82) is 0 Å². The Morgan fingerprint density at radius 1 is 0.681 bits per heavy atom. The molecule has 272 valence electrons. The van der Waals surface area contributed by atoms with Crippen LogP contribution in [0.3, 0.4) is 0 Å². The number of rotatable bonds is 31. The third-order valence-electron chi connectivity index (χ3n) is 7.22. The fourth-order valence-corrected chi connectivity index (χ4v) is 5.12. The summed E-state index contributed by atoms with van der Waals surface area (Å²) in [5.41, 5.74) is 0. The molecule has 0 amide bonds. The molecule has 0 heterocycles. The van der Waals surface area contributed by atoms with E-state index in [-0.39, 0.29) is 32.0 Å². The van der Waals surface area contributed by atoms with E-state index in [0.29, 0.717) is 17.4 Å². The van der Waals surface area contributed by atoms with Crippen molar-refractivity contribution < 1.29 is 42.1 Å². The van der Waals surface area contributed by atoms with Crippen LogP contribution in [0.25, 0.3) is 0 Å². The number of phosphoric ester groups is 1. The van der Waals surface area contributed by atoms with Gasteiger partial charge in [-0.25, -0.2) is 4.57 Å². The van der Waals surface area contributed by atoms with Crippen LogP contribution in [0.5, 0.6) is 0 Å². The quantitative estimate of drug-likeness (QED) is 0.0253. The van der Waals surface area contributed by atoms with Crippen molar-refractivity contribution in [3.63, 3.8) is 0 Å². The van der Waals surface area contributed by atoms with E-state index in [1.165, 1.54) is 44.9 Å². The van der Waals surface area contributed by atoms with E-state index in [4.69, 9.17) is 18.5 Å². The van der Waals surface area contributed by atoms with Gasteiger partial charge in [0.1, 0.15) is 19.8 Å². The van der Waals surface area contributed by atoms with Crippen molar-refractivity contribution in [2.75, 3.05) is 47.5 Å². The Balaban J connectivity index is 4.57. The molecule has 0 aromatic carbocycles. The molecule has 2 unspecified atom stereocenters. The number of hydrogen-bond donors (Lipinski definition) is 1. The maximum absolute atomic E-state index is 12.6. The first-order chi connectivity index (χ1) is 22.5.